The van der Waals surface area contributed by atoms with Crippen molar-refractivity contribution in [3.63, 3.8) is 0 Å². The fourth-order valence-electron chi connectivity index (χ4n) is 2.40. The Balaban J connectivity index is 1.96. The second-order valence-corrected chi connectivity index (χ2v) is 5.02. The van der Waals surface area contributed by atoms with Crippen molar-refractivity contribution in [2.24, 2.45) is 16.8 Å². The van der Waals surface area contributed by atoms with Crippen LogP contribution in [-0.4, -0.2) is 30.3 Å². The van der Waals surface area contributed by atoms with Crippen LogP contribution in [0.5, 0.6) is 0 Å². The molecule has 6 heteroatoms. The van der Waals surface area contributed by atoms with E-state index in [2.05, 4.69) is 17.4 Å². The van der Waals surface area contributed by atoms with Gasteiger partial charge in [-0.3, -0.25) is 0 Å². The van der Waals surface area contributed by atoms with Crippen molar-refractivity contribution in [1.82, 2.24) is 5.32 Å². The van der Waals surface area contributed by atoms with Gasteiger partial charge in [-0.2, -0.15) is 0 Å². The number of nitrogens with zero attached hydrogens (tertiary/aromatic N) is 1. The monoisotopic (exact) mass is 281 g/mol. The normalized spacial score (nSPS) is 23.2. The highest BCUT2D eigenvalue weighted by atomic mass is 19.1. The Morgan fingerprint density at radius 1 is 1.60 bits per heavy atom. The van der Waals surface area contributed by atoms with Crippen LogP contribution in [-0.2, 0) is 11.3 Å². The van der Waals surface area contributed by atoms with Crippen LogP contribution in [0.4, 0.5) is 4.39 Å². The maximum Gasteiger partial charge on any atom is 0.173 e. The molecule has 0 aliphatic carbocycles. The Hall–Kier alpha value is -1.66. The van der Waals surface area contributed by atoms with Gasteiger partial charge in [0.15, 0.2) is 5.84 Å². The van der Waals surface area contributed by atoms with Gasteiger partial charge in [0.25, 0.3) is 0 Å². The summed E-state index contributed by atoms with van der Waals surface area (Å²) in [5.41, 5.74) is 6.05. The van der Waals surface area contributed by atoms with Gasteiger partial charge in [0.1, 0.15) is 5.82 Å². The minimum absolute atomic E-state index is 0.115. The average Bonchev–Trinajstić information content (AvgIpc) is 2.85. The van der Waals surface area contributed by atoms with Crippen LogP contribution in [0.15, 0.2) is 23.4 Å². The zero-order valence-corrected chi connectivity index (χ0v) is 11.5. The van der Waals surface area contributed by atoms with Gasteiger partial charge in [0.05, 0.1) is 11.7 Å². The molecular weight excluding hydrogens is 261 g/mol. The smallest absolute Gasteiger partial charge is 0.173 e. The van der Waals surface area contributed by atoms with Crippen LogP contribution in [0.2, 0.25) is 0 Å². The van der Waals surface area contributed by atoms with Crippen molar-refractivity contribution in [3.8, 4) is 0 Å². The predicted octanol–water partition coefficient (Wildman–Crippen LogP) is 1.43. The van der Waals surface area contributed by atoms with Crippen LogP contribution in [0.25, 0.3) is 0 Å². The lowest BCUT2D eigenvalue weighted by molar-refractivity contribution is 0.105. The van der Waals surface area contributed by atoms with Gasteiger partial charge in [0.2, 0.25) is 0 Å². The fourth-order valence-corrected chi connectivity index (χ4v) is 2.40. The quantitative estimate of drug-likeness (QED) is 0.330. The number of benzene rings is 1. The number of nitrogens with two attached hydrogens (primary N) is 1. The number of rotatable bonds is 5. The van der Waals surface area contributed by atoms with Crippen molar-refractivity contribution in [3.05, 3.63) is 35.1 Å². The standard InChI is InChI=1S/C14H20FN3O2/c1-9-10(5-6-20-9)7-17-8-11-3-2-4-12(13(11)15)14(16)18-19/h2-4,9-10,17,19H,5-8H2,1H3,(H2,16,18). The van der Waals surface area contributed by atoms with Gasteiger partial charge in [-0.15, -0.1) is 0 Å². The summed E-state index contributed by atoms with van der Waals surface area (Å²) in [5, 5.41) is 14.7. The highest BCUT2D eigenvalue weighted by Crippen LogP contribution is 2.19. The lowest BCUT2D eigenvalue weighted by Crippen LogP contribution is -2.27. The van der Waals surface area contributed by atoms with Gasteiger partial charge in [-0.05, 0) is 25.3 Å². The lowest BCUT2D eigenvalue weighted by atomic mass is 10.0. The molecule has 0 amide bonds. The molecule has 0 spiro atoms. The number of nitrogens with one attached hydrogen (secondary N) is 1. The molecule has 1 aromatic rings. The summed E-state index contributed by atoms with van der Waals surface area (Å²) in [6.45, 7) is 4.04. The van der Waals surface area contributed by atoms with Crippen LogP contribution in [0.3, 0.4) is 0 Å². The van der Waals surface area contributed by atoms with Crippen molar-refractivity contribution < 1.29 is 14.3 Å². The molecular formula is C14H20FN3O2. The minimum Gasteiger partial charge on any atom is -0.409 e. The van der Waals surface area contributed by atoms with Gasteiger partial charge in [-0.1, -0.05) is 17.3 Å². The van der Waals surface area contributed by atoms with E-state index in [4.69, 9.17) is 15.7 Å². The van der Waals surface area contributed by atoms with Crippen molar-refractivity contribution in [2.75, 3.05) is 13.2 Å². The summed E-state index contributed by atoms with van der Waals surface area (Å²) in [6, 6.07) is 4.86. The molecule has 1 aliphatic rings. The molecule has 2 rings (SSSR count). The first-order valence-electron chi connectivity index (χ1n) is 6.71. The second kappa shape index (κ2) is 6.67. The molecule has 4 N–H and O–H groups in total. The van der Waals surface area contributed by atoms with Crippen molar-refractivity contribution >= 4 is 5.84 Å². The summed E-state index contributed by atoms with van der Waals surface area (Å²) >= 11 is 0. The maximum absolute atomic E-state index is 14.2. The SMILES string of the molecule is CC1OCCC1CNCc1cccc(/C(N)=N/O)c1F. The zero-order valence-electron chi connectivity index (χ0n) is 11.5. The van der Waals surface area contributed by atoms with E-state index in [1.165, 1.54) is 6.07 Å². The van der Waals surface area contributed by atoms with E-state index in [0.29, 0.717) is 18.0 Å². The molecule has 1 aliphatic heterocycles. The van der Waals surface area contributed by atoms with E-state index in [9.17, 15) is 4.39 Å². The third kappa shape index (κ3) is 3.26. The summed E-state index contributed by atoms with van der Waals surface area (Å²) in [5.74, 6) is -0.210. The van der Waals surface area contributed by atoms with Crippen LogP contribution >= 0.6 is 0 Å². The molecule has 1 heterocycles. The molecule has 0 aromatic heterocycles. The van der Waals surface area contributed by atoms with Crippen molar-refractivity contribution in [1.29, 1.82) is 0 Å². The highest BCUT2D eigenvalue weighted by molar-refractivity contribution is 5.97. The average molecular weight is 281 g/mol. The first-order valence-corrected chi connectivity index (χ1v) is 6.71. The Bertz CT molecular complexity index is 493. The molecule has 5 nitrogen and oxygen atoms in total. The predicted molar refractivity (Wildman–Crippen MR) is 74.1 cm³/mol. The Morgan fingerprint density at radius 2 is 2.40 bits per heavy atom. The van der Waals surface area contributed by atoms with Gasteiger partial charge in [0, 0.05) is 25.3 Å². The topological polar surface area (TPSA) is 79.9 Å². The summed E-state index contributed by atoms with van der Waals surface area (Å²) < 4.78 is 19.6. The number of hydrogen-bond donors (Lipinski definition) is 3. The number of halogens is 1. The second-order valence-electron chi connectivity index (χ2n) is 5.02. The van der Waals surface area contributed by atoms with Gasteiger partial charge >= 0.3 is 0 Å². The highest BCUT2D eigenvalue weighted by Gasteiger charge is 2.23. The van der Waals surface area contributed by atoms with Gasteiger partial charge < -0.3 is 21.0 Å². The van der Waals surface area contributed by atoms with Gasteiger partial charge in [-0.25, -0.2) is 4.39 Å². The number of ether oxygens (including phenoxy) is 1. The Labute approximate surface area is 117 Å². The van der Waals surface area contributed by atoms with Crippen LogP contribution in [0, 0.1) is 11.7 Å². The van der Waals surface area contributed by atoms with Crippen LogP contribution < -0.4 is 11.1 Å². The number of oxime groups is 1. The molecule has 2 atom stereocenters. The maximum atomic E-state index is 14.2. The minimum atomic E-state index is -0.453. The van der Waals surface area contributed by atoms with E-state index >= 15 is 0 Å². The zero-order chi connectivity index (χ0) is 14.5. The fraction of sp³-hybridized carbons (Fsp3) is 0.500. The van der Waals surface area contributed by atoms with E-state index < -0.39 is 5.82 Å². The molecule has 110 valence electrons. The Morgan fingerprint density at radius 3 is 3.05 bits per heavy atom. The lowest BCUT2D eigenvalue weighted by Gasteiger charge is -2.15. The third-order valence-electron chi connectivity index (χ3n) is 3.72. The molecule has 1 fully saturated rings. The number of amidine groups is 1. The van der Waals surface area contributed by atoms with Crippen molar-refractivity contribution in [2.45, 2.75) is 26.0 Å². The molecule has 2 unspecified atom stereocenters. The first-order chi connectivity index (χ1) is 9.63. The first kappa shape index (κ1) is 14.7. The molecule has 0 radical (unpaired) electrons. The molecule has 20 heavy (non-hydrogen) atoms. The van der Waals surface area contributed by atoms with E-state index in [-0.39, 0.29) is 17.5 Å². The molecule has 1 saturated heterocycles. The summed E-state index contributed by atoms with van der Waals surface area (Å²) in [4.78, 5) is 0. The third-order valence-corrected chi connectivity index (χ3v) is 3.72. The van der Waals surface area contributed by atoms with E-state index in [0.717, 1.165) is 19.6 Å². The summed E-state index contributed by atoms with van der Waals surface area (Å²) in [7, 11) is 0. The van der Waals surface area contributed by atoms with E-state index in [1.54, 1.807) is 12.1 Å². The van der Waals surface area contributed by atoms with E-state index in [1.807, 2.05) is 0 Å². The summed E-state index contributed by atoms with van der Waals surface area (Å²) in [6.07, 6.45) is 1.27. The molecule has 0 bridgehead atoms. The number of hydrogen-bond acceptors (Lipinski definition) is 4. The Kier molecular flexibility index (Phi) is 4.92. The largest absolute Gasteiger partial charge is 0.409 e. The molecule has 1 aromatic carbocycles. The van der Waals surface area contributed by atoms with Crippen LogP contribution in [0.1, 0.15) is 24.5 Å². The molecule has 0 saturated carbocycles.